The minimum absolute atomic E-state index is 1.09. The van der Waals surface area contributed by atoms with E-state index in [1.807, 2.05) is 0 Å². The zero-order valence-corrected chi connectivity index (χ0v) is 29.9. The van der Waals surface area contributed by atoms with Crippen LogP contribution in [0.5, 0.6) is 0 Å². The summed E-state index contributed by atoms with van der Waals surface area (Å²) in [7, 11) is 0. The minimum Gasteiger partial charge on any atom is -0.299 e. The highest BCUT2D eigenvalue weighted by atomic mass is 15.1. The summed E-state index contributed by atoms with van der Waals surface area (Å²) in [4.78, 5) is 5.45. The van der Waals surface area contributed by atoms with Crippen molar-refractivity contribution in [2.75, 3.05) is 26.2 Å². The van der Waals surface area contributed by atoms with Crippen molar-refractivity contribution < 1.29 is 0 Å². The first kappa shape index (κ1) is 38.5. The van der Waals surface area contributed by atoms with Crippen molar-refractivity contribution in [2.45, 2.75) is 169 Å². The topological polar surface area (TPSA) is 6.48 Å². The molecule has 0 aromatic heterocycles. The minimum atomic E-state index is 1.09. The van der Waals surface area contributed by atoms with Gasteiger partial charge in [-0.15, -0.1) is 0 Å². The van der Waals surface area contributed by atoms with Crippen LogP contribution in [0, 0.1) is 0 Å². The van der Waals surface area contributed by atoms with Crippen molar-refractivity contribution in [3.63, 3.8) is 0 Å². The Morgan fingerprint density at radius 1 is 0.318 bits per heavy atom. The van der Waals surface area contributed by atoms with Gasteiger partial charge < -0.3 is 0 Å². The van der Waals surface area contributed by atoms with Gasteiger partial charge in [0, 0.05) is 13.1 Å². The number of unbranched alkanes of at least 4 members (excludes halogenated alkanes) is 16. The fourth-order valence-electron chi connectivity index (χ4n) is 6.42. The molecule has 2 rings (SSSR count). The summed E-state index contributed by atoms with van der Waals surface area (Å²) in [5.41, 5.74) is 5.60. The lowest BCUT2D eigenvalue weighted by atomic mass is 10.0. The number of rotatable bonds is 29. The molecule has 0 saturated carbocycles. The second kappa shape index (κ2) is 26.6. The van der Waals surface area contributed by atoms with Gasteiger partial charge in [-0.05, 0) is 74.1 Å². The third-order valence-corrected chi connectivity index (χ3v) is 9.37. The van der Waals surface area contributed by atoms with E-state index in [2.05, 4.69) is 86.0 Å². The summed E-state index contributed by atoms with van der Waals surface area (Å²) in [6.45, 7) is 16.4. The zero-order chi connectivity index (χ0) is 31.5. The largest absolute Gasteiger partial charge is 0.299 e. The van der Waals surface area contributed by atoms with Gasteiger partial charge in [0.2, 0.25) is 0 Å². The predicted molar refractivity (Wildman–Crippen MR) is 197 cm³/mol. The molecule has 0 spiro atoms. The molecule has 0 bridgehead atoms. The first-order chi connectivity index (χ1) is 21.7. The number of hydrogen-bond donors (Lipinski definition) is 0. The van der Waals surface area contributed by atoms with Crippen LogP contribution in [-0.2, 0) is 13.1 Å². The summed E-state index contributed by atoms with van der Waals surface area (Å²) in [6, 6.07) is 18.9. The standard InChI is InChI=1S/C42H72N2/c1-5-9-13-17-21-33-43(34-22-18-14-10-6-2)37-39-25-29-41(30-26-39)42-31-27-40(28-32-42)38-44(35-23-19-15-11-7-3)36-24-20-16-12-8-4/h25-32H,5-24,33-38H2,1-4H3. The maximum Gasteiger partial charge on any atom is 0.0233 e. The Hall–Kier alpha value is -1.64. The van der Waals surface area contributed by atoms with Gasteiger partial charge in [-0.25, -0.2) is 0 Å². The van der Waals surface area contributed by atoms with E-state index in [9.17, 15) is 0 Å². The molecule has 0 aliphatic heterocycles. The normalized spacial score (nSPS) is 11.7. The number of hydrogen-bond acceptors (Lipinski definition) is 2. The first-order valence-electron chi connectivity index (χ1n) is 19.3. The third kappa shape index (κ3) is 18.4. The third-order valence-electron chi connectivity index (χ3n) is 9.37. The molecule has 0 N–H and O–H groups in total. The van der Waals surface area contributed by atoms with Gasteiger partial charge in [-0.1, -0.05) is 179 Å². The summed E-state index contributed by atoms with van der Waals surface area (Å²) in [5, 5.41) is 0. The molecule has 2 nitrogen and oxygen atoms in total. The maximum absolute atomic E-state index is 2.72. The van der Waals surface area contributed by atoms with E-state index in [4.69, 9.17) is 0 Å². The Morgan fingerprint density at radius 2 is 0.568 bits per heavy atom. The fourth-order valence-corrected chi connectivity index (χ4v) is 6.42. The lowest BCUT2D eigenvalue weighted by Crippen LogP contribution is -2.25. The van der Waals surface area contributed by atoms with E-state index in [-0.39, 0.29) is 0 Å². The summed E-state index contributed by atoms with van der Waals surface area (Å²) < 4.78 is 0. The molecule has 2 aromatic carbocycles. The molecule has 0 aliphatic carbocycles. The zero-order valence-electron chi connectivity index (χ0n) is 29.9. The Balaban J connectivity index is 1.92. The lowest BCUT2D eigenvalue weighted by Gasteiger charge is -2.23. The van der Waals surface area contributed by atoms with Crippen LogP contribution < -0.4 is 0 Å². The van der Waals surface area contributed by atoms with E-state index in [0.29, 0.717) is 0 Å². The number of nitrogens with zero attached hydrogens (tertiary/aromatic N) is 2. The second-order valence-electron chi connectivity index (χ2n) is 13.6. The van der Waals surface area contributed by atoms with Crippen LogP contribution in [0.25, 0.3) is 11.1 Å². The van der Waals surface area contributed by atoms with Gasteiger partial charge >= 0.3 is 0 Å². The molecule has 0 amide bonds. The molecule has 2 heteroatoms. The van der Waals surface area contributed by atoms with Crippen LogP contribution in [0.3, 0.4) is 0 Å². The van der Waals surface area contributed by atoms with E-state index >= 15 is 0 Å². The molecule has 0 saturated heterocycles. The monoisotopic (exact) mass is 605 g/mol. The van der Waals surface area contributed by atoms with Crippen LogP contribution in [0.1, 0.15) is 167 Å². The molecule has 44 heavy (non-hydrogen) atoms. The second-order valence-corrected chi connectivity index (χ2v) is 13.6. The Bertz CT molecular complexity index is 783. The SMILES string of the molecule is CCCCCCCN(CCCCCCC)Cc1ccc(-c2ccc(CN(CCCCCCC)CCCCCCC)cc2)cc1. The summed E-state index contributed by atoms with van der Waals surface area (Å²) in [5.74, 6) is 0. The molecule has 0 aliphatic rings. The van der Waals surface area contributed by atoms with Crippen molar-refractivity contribution in [2.24, 2.45) is 0 Å². The van der Waals surface area contributed by atoms with Crippen molar-refractivity contribution in [1.82, 2.24) is 9.80 Å². The van der Waals surface area contributed by atoms with Gasteiger partial charge in [0.25, 0.3) is 0 Å². The Morgan fingerprint density at radius 3 is 0.818 bits per heavy atom. The highest BCUT2D eigenvalue weighted by Crippen LogP contribution is 2.22. The van der Waals surface area contributed by atoms with Crippen molar-refractivity contribution in [3.8, 4) is 11.1 Å². The highest BCUT2D eigenvalue weighted by molar-refractivity contribution is 5.64. The molecule has 2 aromatic rings. The Labute approximate surface area is 275 Å². The van der Waals surface area contributed by atoms with Crippen LogP contribution in [0.2, 0.25) is 0 Å². The molecule has 0 heterocycles. The molecular weight excluding hydrogens is 532 g/mol. The van der Waals surface area contributed by atoms with Crippen LogP contribution in [0.4, 0.5) is 0 Å². The average molecular weight is 605 g/mol. The molecule has 0 unspecified atom stereocenters. The van der Waals surface area contributed by atoms with E-state index in [1.54, 1.807) is 0 Å². The molecule has 0 radical (unpaired) electrons. The van der Waals surface area contributed by atoms with Gasteiger partial charge in [-0.3, -0.25) is 9.80 Å². The van der Waals surface area contributed by atoms with Gasteiger partial charge in [0.15, 0.2) is 0 Å². The quantitative estimate of drug-likeness (QED) is 0.0852. The first-order valence-corrected chi connectivity index (χ1v) is 19.3. The molecule has 0 fully saturated rings. The molecule has 250 valence electrons. The van der Waals surface area contributed by atoms with Crippen LogP contribution in [0.15, 0.2) is 48.5 Å². The van der Waals surface area contributed by atoms with E-state index in [0.717, 1.165) is 13.1 Å². The average Bonchev–Trinajstić information content (AvgIpc) is 3.04. The summed E-state index contributed by atoms with van der Waals surface area (Å²) >= 11 is 0. The molecular formula is C42H72N2. The van der Waals surface area contributed by atoms with Crippen molar-refractivity contribution in [3.05, 3.63) is 59.7 Å². The maximum atomic E-state index is 2.72. The lowest BCUT2D eigenvalue weighted by molar-refractivity contribution is 0.252. The Kier molecular flexibility index (Phi) is 23.3. The molecule has 0 atom stereocenters. The van der Waals surface area contributed by atoms with Crippen LogP contribution in [-0.4, -0.2) is 36.0 Å². The van der Waals surface area contributed by atoms with Crippen molar-refractivity contribution >= 4 is 0 Å². The highest BCUT2D eigenvalue weighted by Gasteiger charge is 2.09. The summed E-state index contributed by atoms with van der Waals surface area (Å²) in [6.07, 6.45) is 27.3. The van der Waals surface area contributed by atoms with Gasteiger partial charge in [0.05, 0.1) is 0 Å². The smallest absolute Gasteiger partial charge is 0.0233 e. The van der Waals surface area contributed by atoms with E-state index < -0.39 is 0 Å². The van der Waals surface area contributed by atoms with Crippen LogP contribution >= 0.6 is 0 Å². The fraction of sp³-hybridized carbons (Fsp3) is 0.714. The number of benzene rings is 2. The van der Waals surface area contributed by atoms with E-state index in [1.165, 1.54) is 177 Å². The van der Waals surface area contributed by atoms with Crippen molar-refractivity contribution in [1.29, 1.82) is 0 Å². The predicted octanol–water partition coefficient (Wildman–Crippen LogP) is 12.8. The van der Waals surface area contributed by atoms with Gasteiger partial charge in [0.1, 0.15) is 0 Å². The van der Waals surface area contributed by atoms with Gasteiger partial charge in [-0.2, -0.15) is 0 Å².